The van der Waals surface area contributed by atoms with Gasteiger partial charge in [-0.2, -0.15) is 0 Å². The fraction of sp³-hybridized carbons (Fsp3) is 0.348. The molecule has 0 saturated carbocycles. The summed E-state index contributed by atoms with van der Waals surface area (Å²) in [6.45, 7) is 2.54. The first-order valence-electron chi connectivity index (χ1n) is 9.95. The van der Waals surface area contributed by atoms with E-state index in [0.717, 1.165) is 19.3 Å². The van der Waals surface area contributed by atoms with Gasteiger partial charge in [-0.3, -0.25) is 14.4 Å². The van der Waals surface area contributed by atoms with E-state index in [4.69, 9.17) is 4.74 Å². The Kier molecular flexibility index (Phi) is 7.00. The van der Waals surface area contributed by atoms with Crippen LogP contribution in [0.4, 0.5) is 5.69 Å². The zero-order valence-electron chi connectivity index (χ0n) is 16.6. The Balaban J connectivity index is 1.43. The molecule has 2 aromatic carbocycles. The minimum atomic E-state index is -0.715. The second-order valence-electron chi connectivity index (χ2n) is 7.22. The summed E-state index contributed by atoms with van der Waals surface area (Å²) in [6, 6.07) is 15.2. The monoisotopic (exact) mass is 394 g/mol. The van der Waals surface area contributed by atoms with Gasteiger partial charge in [0.05, 0.1) is 13.0 Å². The van der Waals surface area contributed by atoms with E-state index in [-0.39, 0.29) is 12.4 Å². The molecule has 0 unspecified atom stereocenters. The molecule has 2 N–H and O–H groups in total. The average Bonchev–Trinajstić information content (AvgIpc) is 3.11. The van der Waals surface area contributed by atoms with Gasteiger partial charge in [0.25, 0.3) is 0 Å². The van der Waals surface area contributed by atoms with Gasteiger partial charge in [-0.25, -0.2) is 0 Å². The van der Waals surface area contributed by atoms with Gasteiger partial charge in [0, 0.05) is 12.2 Å². The molecule has 0 aromatic heterocycles. The first-order valence-corrected chi connectivity index (χ1v) is 9.95. The van der Waals surface area contributed by atoms with Crippen LogP contribution in [0.15, 0.2) is 48.5 Å². The summed E-state index contributed by atoms with van der Waals surface area (Å²) in [5.41, 5.74) is 3.94. The number of rotatable bonds is 7. The zero-order valence-corrected chi connectivity index (χ0v) is 16.6. The number of amides is 2. The standard InChI is InChI=1S/C23H26N2O4/c1-2-29-21(26)15-16-6-5-9-20(14-16)25-23(28)22(27)24-11-10-17-12-18-7-3-4-8-19(18)13-17/h3-9,14,17H,2,10-13,15H2,1H3,(H,24,27)(H,25,28). The van der Waals surface area contributed by atoms with Gasteiger partial charge >= 0.3 is 17.8 Å². The normalized spacial score (nSPS) is 12.9. The Hall–Kier alpha value is -3.15. The van der Waals surface area contributed by atoms with Crippen molar-refractivity contribution < 1.29 is 19.1 Å². The van der Waals surface area contributed by atoms with Gasteiger partial charge in [-0.1, -0.05) is 36.4 Å². The minimum Gasteiger partial charge on any atom is -0.466 e. The molecule has 2 aromatic rings. The van der Waals surface area contributed by atoms with Crippen molar-refractivity contribution in [3.63, 3.8) is 0 Å². The predicted octanol–water partition coefficient (Wildman–Crippen LogP) is 2.65. The van der Waals surface area contributed by atoms with Gasteiger partial charge in [-0.05, 0) is 60.9 Å². The number of carbonyl (C=O) groups is 3. The molecule has 29 heavy (non-hydrogen) atoms. The van der Waals surface area contributed by atoms with Crippen molar-refractivity contribution in [3.05, 3.63) is 65.2 Å². The highest BCUT2D eigenvalue weighted by atomic mass is 16.5. The lowest BCUT2D eigenvalue weighted by atomic mass is 10.0. The van der Waals surface area contributed by atoms with E-state index in [2.05, 4.69) is 34.9 Å². The lowest BCUT2D eigenvalue weighted by Crippen LogP contribution is -2.36. The van der Waals surface area contributed by atoms with E-state index in [9.17, 15) is 14.4 Å². The van der Waals surface area contributed by atoms with Crippen molar-refractivity contribution in [2.45, 2.75) is 32.6 Å². The molecule has 0 fully saturated rings. The molecule has 3 rings (SSSR count). The molecule has 1 aliphatic rings. The van der Waals surface area contributed by atoms with Crippen LogP contribution in [0.1, 0.15) is 30.0 Å². The highest BCUT2D eigenvalue weighted by Crippen LogP contribution is 2.28. The van der Waals surface area contributed by atoms with Crippen LogP contribution in [0.3, 0.4) is 0 Å². The van der Waals surface area contributed by atoms with E-state index in [1.54, 1.807) is 31.2 Å². The molecule has 0 saturated heterocycles. The van der Waals surface area contributed by atoms with E-state index >= 15 is 0 Å². The highest BCUT2D eigenvalue weighted by Gasteiger charge is 2.21. The molecule has 0 bridgehead atoms. The lowest BCUT2D eigenvalue weighted by Gasteiger charge is -2.11. The topological polar surface area (TPSA) is 84.5 Å². The fourth-order valence-corrected chi connectivity index (χ4v) is 3.65. The average molecular weight is 394 g/mol. The van der Waals surface area contributed by atoms with Crippen LogP contribution in [0.5, 0.6) is 0 Å². The van der Waals surface area contributed by atoms with Gasteiger partial charge in [0.1, 0.15) is 0 Å². The first kappa shape index (κ1) is 20.6. The van der Waals surface area contributed by atoms with Crippen molar-refractivity contribution in [1.29, 1.82) is 0 Å². The van der Waals surface area contributed by atoms with Crippen LogP contribution >= 0.6 is 0 Å². The summed E-state index contributed by atoms with van der Waals surface area (Å²) in [5.74, 6) is -1.21. The summed E-state index contributed by atoms with van der Waals surface area (Å²) < 4.78 is 4.92. The Morgan fingerprint density at radius 3 is 2.41 bits per heavy atom. The number of fused-ring (bicyclic) bond motifs is 1. The molecule has 1 aliphatic carbocycles. The van der Waals surface area contributed by atoms with E-state index < -0.39 is 11.8 Å². The van der Waals surface area contributed by atoms with Crippen LogP contribution < -0.4 is 10.6 Å². The molecule has 6 heteroatoms. The molecule has 0 spiro atoms. The molecule has 2 amide bonds. The van der Waals surface area contributed by atoms with Crippen LogP contribution in [0.2, 0.25) is 0 Å². The summed E-state index contributed by atoms with van der Waals surface area (Å²) in [5, 5.41) is 5.27. The molecular formula is C23H26N2O4. The molecular weight excluding hydrogens is 368 g/mol. The largest absolute Gasteiger partial charge is 0.466 e. The number of carbonyl (C=O) groups excluding carboxylic acids is 3. The first-order chi connectivity index (χ1) is 14.0. The number of esters is 1. The summed E-state index contributed by atoms with van der Waals surface area (Å²) in [6.07, 6.45) is 2.99. The number of benzene rings is 2. The fourth-order valence-electron chi connectivity index (χ4n) is 3.65. The molecule has 6 nitrogen and oxygen atoms in total. The summed E-state index contributed by atoms with van der Waals surface area (Å²) >= 11 is 0. The van der Waals surface area contributed by atoms with Crippen LogP contribution in [-0.4, -0.2) is 30.9 Å². The van der Waals surface area contributed by atoms with Gasteiger partial charge < -0.3 is 15.4 Å². The maximum atomic E-state index is 12.1. The van der Waals surface area contributed by atoms with Crippen molar-refractivity contribution in [2.75, 3.05) is 18.5 Å². The van der Waals surface area contributed by atoms with Crippen molar-refractivity contribution in [2.24, 2.45) is 5.92 Å². The maximum Gasteiger partial charge on any atom is 0.313 e. The number of anilines is 1. The third kappa shape index (κ3) is 5.91. The second kappa shape index (κ2) is 9.87. The van der Waals surface area contributed by atoms with Gasteiger partial charge in [-0.15, -0.1) is 0 Å². The Morgan fingerprint density at radius 1 is 1.00 bits per heavy atom. The molecule has 0 atom stereocenters. The third-order valence-corrected chi connectivity index (χ3v) is 5.02. The maximum absolute atomic E-state index is 12.1. The van der Waals surface area contributed by atoms with Crippen LogP contribution in [0, 0.1) is 5.92 Å². The minimum absolute atomic E-state index is 0.119. The van der Waals surface area contributed by atoms with Gasteiger partial charge in [0.15, 0.2) is 0 Å². The number of ether oxygens (including phenoxy) is 1. The SMILES string of the molecule is CCOC(=O)Cc1cccc(NC(=O)C(=O)NCCC2Cc3ccccc3C2)c1. The quantitative estimate of drug-likeness (QED) is 0.559. The summed E-state index contributed by atoms with van der Waals surface area (Å²) in [4.78, 5) is 35.8. The number of hydrogen-bond donors (Lipinski definition) is 2. The van der Waals surface area contributed by atoms with Gasteiger partial charge in [0.2, 0.25) is 0 Å². The van der Waals surface area contributed by atoms with Crippen LogP contribution in [0.25, 0.3) is 0 Å². The van der Waals surface area contributed by atoms with Crippen LogP contribution in [-0.2, 0) is 38.4 Å². The smallest absolute Gasteiger partial charge is 0.313 e. The zero-order chi connectivity index (χ0) is 20.6. The number of nitrogens with one attached hydrogen (secondary N) is 2. The molecule has 152 valence electrons. The second-order valence-corrected chi connectivity index (χ2v) is 7.22. The molecule has 0 heterocycles. The Labute approximate surface area is 170 Å². The summed E-state index contributed by atoms with van der Waals surface area (Å²) in [7, 11) is 0. The van der Waals surface area contributed by atoms with Crippen molar-refractivity contribution >= 4 is 23.5 Å². The van der Waals surface area contributed by atoms with E-state index in [1.807, 2.05) is 0 Å². The molecule has 0 radical (unpaired) electrons. The highest BCUT2D eigenvalue weighted by molar-refractivity contribution is 6.39. The van der Waals surface area contributed by atoms with E-state index in [0.29, 0.717) is 30.3 Å². The Bertz CT molecular complexity index is 869. The van der Waals surface area contributed by atoms with Crippen molar-refractivity contribution in [3.8, 4) is 0 Å². The number of hydrogen-bond acceptors (Lipinski definition) is 4. The van der Waals surface area contributed by atoms with Crippen molar-refractivity contribution in [1.82, 2.24) is 5.32 Å². The lowest BCUT2D eigenvalue weighted by molar-refractivity contribution is -0.142. The third-order valence-electron chi connectivity index (χ3n) is 5.02. The van der Waals surface area contributed by atoms with E-state index in [1.165, 1.54) is 11.1 Å². The Morgan fingerprint density at radius 2 is 1.72 bits per heavy atom. The molecule has 0 aliphatic heterocycles. The predicted molar refractivity (Wildman–Crippen MR) is 110 cm³/mol.